The molecule has 2 N–H and O–H groups in total. The molecule has 1 aromatic carbocycles. The average Bonchev–Trinajstić information content (AvgIpc) is 2.77. The summed E-state index contributed by atoms with van der Waals surface area (Å²) in [4.78, 5) is 5.80. The van der Waals surface area contributed by atoms with Gasteiger partial charge in [-0.15, -0.1) is 0 Å². The maximum Gasteiger partial charge on any atom is 0.138 e. The van der Waals surface area contributed by atoms with Crippen LogP contribution in [0.4, 0.5) is 0 Å². The zero-order valence-electron chi connectivity index (χ0n) is 9.78. The van der Waals surface area contributed by atoms with E-state index in [4.69, 9.17) is 5.73 Å². The van der Waals surface area contributed by atoms with Crippen LogP contribution in [0.5, 0.6) is 0 Å². The molecule has 2 aromatic heterocycles. The van der Waals surface area contributed by atoms with Gasteiger partial charge < -0.3 is 10.1 Å². The minimum atomic E-state index is 0.486. The maximum absolute atomic E-state index is 5.84. The highest BCUT2D eigenvalue weighted by Gasteiger charge is 2.11. The molecule has 0 aliphatic carbocycles. The number of imidazole rings is 1. The zero-order chi connectivity index (χ0) is 12.4. The van der Waals surface area contributed by atoms with E-state index in [1.807, 2.05) is 47.0 Å². The summed E-state index contributed by atoms with van der Waals surface area (Å²) in [5.41, 5.74) is 7.84. The second kappa shape index (κ2) is 4.84. The smallest absolute Gasteiger partial charge is 0.138 e. The number of benzene rings is 1. The van der Waals surface area contributed by atoms with Crippen LogP contribution in [0, 0.1) is 0 Å². The highest BCUT2D eigenvalue weighted by atomic mass is 32.2. The van der Waals surface area contributed by atoms with Crippen molar-refractivity contribution >= 4 is 17.4 Å². The van der Waals surface area contributed by atoms with Crippen molar-refractivity contribution in [3.05, 3.63) is 60.4 Å². The third-order valence-corrected chi connectivity index (χ3v) is 3.77. The first-order valence-corrected chi connectivity index (χ1v) is 6.59. The Kier molecular flexibility index (Phi) is 3.04. The lowest BCUT2D eigenvalue weighted by molar-refractivity contribution is 0.921. The van der Waals surface area contributed by atoms with Gasteiger partial charge in [0.15, 0.2) is 0 Å². The molecule has 0 saturated heterocycles. The second-order valence-electron chi connectivity index (χ2n) is 3.91. The lowest BCUT2D eigenvalue weighted by atomic mass is 10.4. The number of pyridine rings is 1. The fourth-order valence-electron chi connectivity index (χ4n) is 1.89. The van der Waals surface area contributed by atoms with E-state index in [1.165, 1.54) is 4.90 Å². The van der Waals surface area contributed by atoms with E-state index in [1.54, 1.807) is 11.8 Å². The molecule has 2 heterocycles. The number of nitrogens with two attached hydrogens (primary N) is 1. The third kappa shape index (κ3) is 2.00. The van der Waals surface area contributed by atoms with Crippen LogP contribution in [-0.2, 0) is 6.54 Å². The Hall–Kier alpha value is -1.78. The molecule has 0 radical (unpaired) electrons. The Morgan fingerprint density at radius 3 is 2.61 bits per heavy atom. The number of fused-ring (bicyclic) bond motifs is 1. The van der Waals surface area contributed by atoms with Gasteiger partial charge in [0.2, 0.25) is 0 Å². The average molecular weight is 255 g/mol. The fraction of sp³-hybridized carbons (Fsp3) is 0.0714. The summed E-state index contributed by atoms with van der Waals surface area (Å²) in [6.45, 7) is 0.486. The van der Waals surface area contributed by atoms with E-state index in [-0.39, 0.29) is 0 Å². The van der Waals surface area contributed by atoms with Crippen LogP contribution in [0.2, 0.25) is 0 Å². The molecule has 0 saturated carbocycles. The van der Waals surface area contributed by atoms with Crippen LogP contribution >= 0.6 is 11.8 Å². The molecule has 0 aliphatic rings. The molecule has 90 valence electrons. The van der Waals surface area contributed by atoms with Crippen molar-refractivity contribution < 1.29 is 0 Å². The molecular formula is C14H13N3S. The molecule has 0 bridgehead atoms. The Balaban J connectivity index is 2.06. The Morgan fingerprint density at radius 2 is 1.83 bits per heavy atom. The van der Waals surface area contributed by atoms with Crippen LogP contribution in [0.1, 0.15) is 5.69 Å². The van der Waals surface area contributed by atoms with Gasteiger partial charge in [0, 0.05) is 17.6 Å². The topological polar surface area (TPSA) is 43.3 Å². The molecule has 18 heavy (non-hydrogen) atoms. The quantitative estimate of drug-likeness (QED) is 0.782. The van der Waals surface area contributed by atoms with Crippen LogP contribution in [-0.4, -0.2) is 9.38 Å². The lowest BCUT2D eigenvalue weighted by Crippen LogP contribution is -2.01. The van der Waals surface area contributed by atoms with Crippen LogP contribution in [0.15, 0.2) is 64.6 Å². The van der Waals surface area contributed by atoms with Crippen LogP contribution < -0.4 is 5.73 Å². The zero-order valence-corrected chi connectivity index (χ0v) is 10.6. The van der Waals surface area contributed by atoms with Gasteiger partial charge in [-0.3, -0.25) is 0 Å². The first-order chi connectivity index (χ1) is 8.88. The number of nitrogens with zero attached hydrogens (tertiary/aromatic N) is 2. The number of rotatable bonds is 3. The van der Waals surface area contributed by atoms with Gasteiger partial charge in [0.25, 0.3) is 0 Å². The van der Waals surface area contributed by atoms with E-state index in [0.29, 0.717) is 6.54 Å². The van der Waals surface area contributed by atoms with Gasteiger partial charge in [-0.1, -0.05) is 36.0 Å². The second-order valence-corrected chi connectivity index (χ2v) is 4.97. The van der Waals surface area contributed by atoms with Gasteiger partial charge in [-0.25, -0.2) is 4.98 Å². The summed E-state index contributed by atoms with van der Waals surface area (Å²) in [6, 6.07) is 16.2. The van der Waals surface area contributed by atoms with E-state index >= 15 is 0 Å². The predicted octanol–water partition coefficient (Wildman–Crippen LogP) is 2.94. The molecule has 4 heteroatoms. The van der Waals surface area contributed by atoms with E-state index < -0.39 is 0 Å². The monoisotopic (exact) mass is 255 g/mol. The molecular weight excluding hydrogens is 242 g/mol. The molecule has 0 spiro atoms. The molecule has 0 aliphatic heterocycles. The largest absolute Gasteiger partial charge is 0.325 e. The van der Waals surface area contributed by atoms with Crippen molar-refractivity contribution in [2.45, 2.75) is 16.5 Å². The first-order valence-electron chi connectivity index (χ1n) is 5.77. The van der Waals surface area contributed by atoms with Crippen molar-refractivity contribution in [2.75, 3.05) is 0 Å². The van der Waals surface area contributed by atoms with Crippen molar-refractivity contribution in [1.29, 1.82) is 0 Å². The molecule has 3 rings (SSSR count). The van der Waals surface area contributed by atoms with Gasteiger partial charge in [0.05, 0.1) is 5.69 Å². The Bertz CT molecular complexity index is 661. The molecule has 0 atom stereocenters. The van der Waals surface area contributed by atoms with Crippen LogP contribution in [0.3, 0.4) is 0 Å². The van der Waals surface area contributed by atoms with E-state index in [0.717, 1.165) is 16.4 Å². The van der Waals surface area contributed by atoms with Gasteiger partial charge >= 0.3 is 0 Å². The first kappa shape index (κ1) is 11.3. The maximum atomic E-state index is 5.84. The molecule has 0 fully saturated rings. The van der Waals surface area contributed by atoms with Crippen LogP contribution in [0.25, 0.3) is 5.65 Å². The van der Waals surface area contributed by atoms with E-state index in [9.17, 15) is 0 Å². The third-order valence-electron chi connectivity index (χ3n) is 2.74. The van der Waals surface area contributed by atoms with Gasteiger partial charge in [-0.05, 0) is 24.3 Å². The Labute approximate surface area is 110 Å². The van der Waals surface area contributed by atoms with Crippen molar-refractivity contribution in [1.82, 2.24) is 9.38 Å². The summed E-state index contributed by atoms with van der Waals surface area (Å²) < 4.78 is 2.05. The predicted molar refractivity (Wildman–Crippen MR) is 73.6 cm³/mol. The molecule has 0 unspecified atom stereocenters. The molecule has 3 aromatic rings. The minimum absolute atomic E-state index is 0.486. The number of aromatic nitrogens is 2. The van der Waals surface area contributed by atoms with Gasteiger partial charge in [-0.2, -0.15) is 0 Å². The lowest BCUT2D eigenvalue weighted by Gasteiger charge is -2.01. The summed E-state index contributed by atoms with van der Waals surface area (Å²) in [6.07, 6.45) is 2.00. The van der Waals surface area contributed by atoms with Gasteiger partial charge in [0.1, 0.15) is 10.7 Å². The highest BCUT2D eigenvalue weighted by Crippen LogP contribution is 2.29. The normalized spacial score (nSPS) is 10.9. The summed E-state index contributed by atoms with van der Waals surface area (Å²) >= 11 is 1.65. The number of hydrogen-bond acceptors (Lipinski definition) is 3. The van der Waals surface area contributed by atoms with Crippen molar-refractivity contribution in [3.63, 3.8) is 0 Å². The SMILES string of the molecule is NCc1c(Sc2ccccc2)nc2ccccn12. The van der Waals surface area contributed by atoms with Crippen molar-refractivity contribution in [3.8, 4) is 0 Å². The van der Waals surface area contributed by atoms with E-state index in [2.05, 4.69) is 17.1 Å². The molecule has 0 amide bonds. The summed E-state index contributed by atoms with van der Waals surface area (Å²) in [5, 5.41) is 0.981. The minimum Gasteiger partial charge on any atom is -0.325 e. The Morgan fingerprint density at radius 1 is 1.06 bits per heavy atom. The fourth-order valence-corrected chi connectivity index (χ4v) is 2.85. The number of hydrogen-bond donors (Lipinski definition) is 1. The summed E-state index contributed by atoms with van der Waals surface area (Å²) in [5.74, 6) is 0. The highest BCUT2D eigenvalue weighted by molar-refractivity contribution is 7.99. The molecule has 3 nitrogen and oxygen atoms in total. The summed E-state index contributed by atoms with van der Waals surface area (Å²) in [7, 11) is 0. The van der Waals surface area contributed by atoms with Crippen molar-refractivity contribution in [2.24, 2.45) is 5.73 Å². The standard InChI is InChI=1S/C14H13N3S/c15-10-12-14(18-11-6-2-1-3-7-11)16-13-8-4-5-9-17(12)13/h1-9H,10,15H2.